The zero-order valence-corrected chi connectivity index (χ0v) is 15.5. The normalized spacial score (nSPS) is 11.2. The number of para-hydroxylation sites is 2. The molecule has 6 heteroatoms. The molecule has 2 heterocycles. The standard InChI is InChI=1S/C21H22N4O2/c1-24-19-6-4-3-5-17(19)23-20(24)9-11-22-21(26)14-25-12-10-15-13-16(27-2)7-8-18(15)25/h3-8,10,12-13H,9,11,14H2,1-2H3,(H,22,26). The number of methoxy groups -OCH3 is 1. The lowest BCUT2D eigenvalue weighted by Crippen LogP contribution is -2.29. The third-order valence-electron chi connectivity index (χ3n) is 4.84. The Balaban J connectivity index is 1.38. The molecule has 0 atom stereocenters. The van der Waals surface area contributed by atoms with Crippen molar-refractivity contribution in [2.24, 2.45) is 7.05 Å². The summed E-state index contributed by atoms with van der Waals surface area (Å²) in [4.78, 5) is 17.0. The quantitative estimate of drug-likeness (QED) is 0.574. The van der Waals surface area contributed by atoms with Crippen LogP contribution in [0.4, 0.5) is 0 Å². The molecule has 0 unspecified atom stereocenters. The Kier molecular flexibility index (Phi) is 4.54. The zero-order chi connectivity index (χ0) is 18.8. The highest BCUT2D eigenvalue weighted by atomic mass is 16.5. The molecule has 27 heavy (non-hydrogen) atoms. The van der Waals surface area contributed by atoms with E-state index < -0.39 is 0 Å². The molecule has 2 aromatic heterocycles. The first-order chi connectivity index (χ1) is 13.2. The number of hydrogen-bond acceptors (Lipinski definition) is 3. The summed E-state index contributed by atoms with van der Waals surface area (Å²) >= 11 is 0. The van der Waals surface area contributed by atoms with Gasteiger partial charge in [0.25, 0.3) is 0 Å². The van der Waals surface area contributed by atoms with Crippen molar-refractivity contribution in [1.29, 1.82) is 0 Å². The number of benzene rings is 2. The molecule has 0 aliphatic heterocycles. The van der Waals surface area contributed by atoms with Crippen molar-refractivity contribution in [3.05, 3.63) is 60.6 Å². The fraction of sp³-hybridized carbons (Fsp3) is 0.238. The molecule has 0 saturated heterocycles. The van der Waals surface area contributed by atoms with Gasteiger partial charge in [0.2, 0.25) is 5.91 Å². The molecule has 0 aliphatic carbocycles. The molecule has 0 aliphatic rings. The molecule has 4 aromatic rings. The van der Waals surface area contributed by atoms with E-state index in [1.807, 2.05) is 60.3 Å². The summed E-state index contributed by atoms with van der Waals surface area (Å²) in [5.74, 6) is 1.77. The topological polar surface area (TPSA) is 61.1 Å². The predicted octanol–water partition coefficient (Wildman–Crippen LogP) is 2.90. The van der Waals surface area contributed by atoms with Gasteiger partial charge in [-0.2, -0.15) is 0 Å². The van der Waals surface area contributed by atoms with Crippen molar-refractivity contribution in [3.63, 3.8) is 0 Å². The molecule has 0 spiro atoms. The van der Waals surface area contributed by atoms with Crippen LogP contribution in [0.2, 0.25) is 0 Å². The average Bonchev–Trinajstić information content (AvgIpc) is 3.23. The maximum Gasteiger partial charge on any atom is 0.239 e. The summed E-state index contributed by atoms with van der Waals surface area (Å²) in [5.41, 5.74) is 3.10. The van der Waals surface area contributed by atoms with Crippen molar-refractivity contribution in [3.8, 4) is 5.75 Å². The highest BCUT2D eigenvalue weighted by Crippen LogP contribution is 2.21. The number of hydrogen-bond donors (Lipinski definition) is 1. The lowest BCUT2D eigenvalue weighted by Gasteiger charge is -2.08. The van der Waals surface area contributed by atoms with Crippen LogP contribution < -0.4 is 10.1 Å². The van der Waals surface area contributed by atoms with Crippen LogP contribution in [0.15, 0.2) is 54.7 Å². The fourth-order valence-electron chi connectivity index (χ4n) is 3.39. The SMILES string of the molecule is COc1ccc2c(ccn2CC(=O)NCCc2nc3ccccc3n2C)c1. The average molecular weight is 362 g/mol. The van der Waals surface area contributed by atoms with Crippen LogP contribution in [0.1, 0.15) is 5.82 Å². The van der Waals surface area contributed by atoms with Gasteiger partial charge >= 0.3 is 0 Å². The summed E-state index contributed by atoms with van der Waals surface area (Å²) in [7, 11) is 3.66. The zero-order valence-electron chi connectivity index (χ0n) is 15.5. The van der Waals surface area contributed by atoms with Crippen LogP contribution in [0.3, 0.4) is 0 Å². The largest absolute Gasteiger partial charge is 0.497 e. The van der Waals surface area contributed by atoms with E-state index in [4.69, 9.17) is 4.74 Å². The summed E-state index contributed by atoms with van der Waals surface area (Å²) in [5, 5.41) is 4.05. The molecule has 0 radical (unpaired) electrons. The molecule has 4 rings (SSSR count). The smallest absolute Gasteiger partial charge is 0.239 e. The number of carbonyl (C=O) groups is 1. The number of nitrogens with one attached hydrogen (secondary N) is 1. The lowest BCUT2D eigenvalue weighted by molar-refractivity contribution is -0.121. The van der Waals surface area contributed by atoms with Crippen LogP contribution in [-0.4, -0.2) is 33.7 Å². The highest BCUT2D eigenvalue weighted by Gasteiger charge is 2.09. The number of amides is 1. The van der Waals surface area contributed by atoms with Crippen LogP contribution in [-0.2, 0) is 24.8 Å². The van der Waals surface area contributed by atoms with Gasteiger partial charge in [-0.25, -0.2) is 4.98 Å². The molecule has 0 bridgehead atoms. The monoisotopic (exact) mass is 362 g/mol. The van der Waals surface area contributed by atoms with Gasteiger partial charge in [-0.1, -0.05) is 12.1 Å². The van der Waals surface area contributed by atoms with Crippen LogP contribution in [0.5, 0.6) is 5.75 Å². The number of aryl methyl sites for hydroxylation is 1. The van der Waals surface area contributed by atoms with E-state index in [1.54, 1.807) is 7.11 Å². The predicted molar refractivity (Wildman–Crippen MR) is 106 cm³/mol. The second kappa shape index (κ2) is 7.15. The molecular formula is C21H22N4O2. The number of imidazole rings is 1. The van der Waals surface area contributed by atoms with Gasteiger partial charge in [0.1, 0.15) is 18.1 Å². The Morgan fingerprint density at radius 2 is 2.00 bits per heavy atom. The molecule has 138 valence electrons. The van der Waals surface area contributed by atoms with Crippen molar-refractivity contribution in [2.75, 3.05) is 13.7 Å². The second-order valence-corrected chi connectivity index (χ2v) is 6.54. The highest BCUT2D eigenvalue weighted by molar-refractivity contribution is 5.84. The third-order valence-corrected chi connectivity index (χ3v) is 4.84. The van der Waals surface area contributed by atoms with Crippen molar-refractivity contribution in [1.82, 2.24) is 19.4 Å². The molecular weight excluding hydrogens is 340 g/mol. The molecule has 1 N–H and O–H groups in total. The van der Waals surface area contributed by atoms with Gasteiger partial charge < -0.3 is 19.2 Å². The van der Waals surface area contributed by atoms with Crippen molar-refractivity contribution < 1.29 is 9.53 Å². The van der Waals surface area contributed by atoms with Gasteiger partial charge in [0, 0.05) is 37.1 Å². The van der Waals surface area contributed by atoms with Gasteiger partial charge in [0.05, 0.1) is 18.1 Å². The minimum Gasteiger partial charge on any atom is -0.497 e. The van der Waals surface area contributed by atoms with E-state index in [0.717, 1.165) is 33.5 Å². The summed E-state index contributed by atoms with van der Waals surface area (Å²) in [6.45, 7) is 0.849. The van der Waals surface area contributed by atoms with E-state index in [1.165, 1.54) is 0 Å². The third kappa shape index (κ3) is 3.38. The first kappa shape index (κ1) is 17.1. The Bertz CT molecular complexity index is 1110. The number of fused-ring (bicyclic) bond motifs is 2. The number of aromatic nitrogens is 3. The molecule has 0 fully saturated rings. The molecule has 0 saturated carbocycles. The van der Waals surface area contributed by atoms with E-state index in [-0.39, 0.29) is 5.91 Å². The Morgan fingerprint density at radius 3 is 2.81 bits per heavy atom. The van der Waals surface area contributed by atoms with Gasteiger partial charge in [0.15, 0.2) is 0 Å². The first-order valence-corrected chi connectivity index (χ1v) is 8.95. The summed E-state index contributed by atoms with van der Waals surface area (Å²) < 4.78 is 9.26. The Labute approximate surface area is 157 Å². The minimum absolute atomic E-state index is 0.0120. The Morgan fingerprint density at radius 1 is 1.15 bits per heavy atom. The van der Waals surface area contributed by atoms with Crippen LogP contribution in [0, 0.1) is 0 Å². The fourth-order valence-corrected chi connectivity index (χ4v) is 3.39. The number of carbonyl (C=O) groups excluding carboxylic acids is 1. The maximum absolute atomic E-state index is 12.3. The number of ether oxygens (including phenoxy) is 1. The van der Waals surface area contributed by atoms with Crippen molar-refractivity contribution in [2.45, 2.75) is 13.0 Å². The van der Waals surface area contributed by atoms with Gasteiger partial charge in [-0.3, -0.25) is 4.79 Å². The van der Waals surface area contributed by atoms with Gasteiger partial charge in [-0.15, -0.1) is 0 Å². The first-order valence-electron chi connectivity index (χ1n) is 8.95. The van der Waals surface area contributed by atoms with Gasteiger partial charge in [-0.05, 0) is 36.4 Å². The van der Waals surface area contributed by atoms with E-state index >= 15 is 0 Å². The van der Waals surface area contributed by atoms with E-state index in [0.29, 0.717) is 19.5 Å². The summed E-state index contributed by atoms with van der Waals surface area (Å²) in [6.07, 6.45) is 2.62. The van der Waals surface area contributed by atoms with E-state index in [2.05, 4.69) is 20.9 Å². The van der Waals surface area contributed by atoms with E-state index in [9.17, 15) is 4.79 Å². The minimum atomic E-state index is -0.0120. The lowest BCUT2D eigenvalue weighted by atomic mass is 10.2. The van der Waals surface area contributed by atoms with Crippen LogP contribution in [0.25, 0.3) is 21.9 Å². The molecule has 1 amide bonds. The second-order valence-electron chi connectivity index (χ2n) is 6.54. The maximum atomic E-state index is 12.3. The van der Waals surface area contributed by atoms with Crippen LogP contribution >= 0.6 is 0 Å². The number of rotatable bonds is 6. The summed E-state index contributed by atoms with van der Waals surface area (Å²) in [6, 6.07) is 15.9. The molecule has 2 aromatic carbocycles. The number of nitrogens with zero attached hydrogens (tertiary/aromatic N) is 3. The van der Waals surface area contributed by atoms with Crippen molar-refractivity contribution >= 4 is 27.8 Å². The Hall–Kier alpha value is -3.28. The molecule has 6 nitrogen and oxygen atoms in total.